The van der Waals surface area contributed by atoms with Gasteiger partial charge in [0.05, 0.1) is 30.5 Å². The molecule has 0 radical (unpaired) electrons. The summed E-state index contributed by atoms with van der Waals surface area (Å²) in [5, 5.41) is 2.68. The molecule has 1 heterocycles. The van der Waals surface area contributed by atoms with Gasteiger partial charge < -0.3 is 14.8 Å². The summed E-state index contributed by atoms with van der Waals surface area (Å²) < 4.78 is 63.5. The molecule has 36 heavy (non-hydrogen) atoms. The molecule has 0 aromatic heterocycles. The number of rotatable bonds is 11. The lowest BCUT2D eigenvalue weighted by Gasteiger charge is -2.28. The van der Waals surface area contributed by atoms with E-state index >= 15 is 0 Å². The van der Waals surface area contributed by atoms with Crippen LogP contribution in [0.15, 0.2) is 53.4 Å². The zero-order valence-corrected chi connectivity index (χ0v) is 22.3. The lowest BCUT2D eigenvalue weighted by Crippen LogP contribution is -2.48. The van der Waals surface area contributed by atoms with Crippen molar-refractivity contribution >= 4 is 31.6 Å². The van der Waals surface area contributed by atoms with Gasteiger partial charge in [-0.15, -0.1) is 0 Å². The summed E-state index contributed by atoms with van der Waals surface area (Å²) in [4.78, 5) is 12.9. The van der Waals surface area contributed by atoms with Gasteiger partial charge in [0.25, 0.3) is 0 Å². The van der Waals surface area contributed by atoms with Crippen molar-refractivity contribution < 1.29 is 31.1 Å². The van der Waals surface area contributed by atoms with Crippen molar-refractivity contribution in [3.63, 3.8) is 0 Å². The maximum absolute atomic E-state index is 12.7. The quantitative estimate of drug-likeness (QED) is 0.435. The fourth-order valence-electron chi connectivity index (χ4n) is 3.99. The number of piperidine rings is 1. The number of hydrogen-bond donors (Lipinski definition) is 1. The summed E-state index contributed by atoms with van der Waals surface area (Å²) in [6.45, 7) is 2.83. The van der Waals surface area contributed by atoms with Crippen molar-refractivity contribution in [3.8, 4) is 11.5 Å². The molecular weight excluding hydrogens is 506 g/mol. The normalized spacial score (nSPS) is 15.6. The second kappa shape index (κ2) is 11.9. The average molecular weight is 540 g/mol. The van der Waals surface area contributed by atoms with Gasteiger partial charge in [-0.2, -0.15) is 4.31 Å². The van der Waals surface area contributed by atoms with Crippen molar-refractivity contribution in [1.82, 2.24) is 9.62 Å². The van der Waals surface area contributed by atoms with Crippen LogP contribution in [0.5, 0.6) is 11.5 Å². The molecule has 2 aromatic carbocycles. The van der Waals surface area contributed by atoms with E-state index in [1.807, 2.05) is 0 Å². The summed E-state index contributed by atoms with van der Waals surface area (Å²) in [6, 6.07) is 11.6. The van der Waals surface area contributed by atoms with E-state index in [1.54, 1.807) is 36.4 Å². The van der Waals surface area contributed by atoms with Gasteiger partial charge in [-0.05, 0) is 68.3 Å². The Balaban J connectivity index is 1.53. The molecule has 1 atom stereocenters. The minimum atomic E-state index is -3.73. The number of nitrogens with one attached hydrogen (secondary N) is 1. The molecule has 0 spiro atoms. The van der Waals surface area contributed by atoms with Gasteiger partial charge in [-0.25, -0.2) is 16.8 Å². The number of carbonyl (C=O) groups is 1. The second-order valence-electron chi connectivity index (χ2n) is 8.51. The summed E-state index contributed by atoms with van der Waals surface area (Å²) in [6.07, 6.45) is 3.82. The smallest absolute Gasteiger partial charge is 0.243 e. The van der Waals surface area contributed by atoms with E-state index in [4.69, 9.17) is 9.47 Å². The van der Waals surface area contributed by atoms with Crippen LogP contribution in [0.2, 0.25) is 0 Å². The number of hydrogen-bond acceptors (Lipinski definition) is 7. The second-order valence-corrected chi connectivity index (χ2v) is 12.3. The molecule has 2 aromatic rings. The van der Waals surface area contributed by atoms with E-state index in [-0.39, 0.29) is 18.0 Å². The van der Waals surface area contributed by atoms with Gasteiger partial charge in [0.15, 0.2) is 0 Å². The van der Waals surface area contributed by atoms with E-state index < -0.39 is 32.0 Å². The van der Waals surface area contributed by atoms with Crippen LogP contribution in [0.4, 0.5) is 5.69 Å². The molecule has 1 N–H and O–H groups in total. The van der Waals surface area contributed by atoms with E-state index in [0.717, 1.165) is 29.8 Å². The molecular formula is C24H33N3O7S2. The maximum Gasteiger partial charge on any atom is 0.243 e. The monoisotopic (exact) mass is 539 g/mol. The topological polar surface area (TPSA) is 122 Å². The molecule has 0 bridgehead atoms. The van der Waals surface area contributed by atoms with Crippen LogP contribution in [0.1, 0.15) is 26.2 Å². The number of sulfonamides is 2. The zero-order valence-electron chi connectivity index (χ0n) is 20.7. The van der Waals surface area contributed by atoms with Crippen molar-refractivity contribution in [1.29, 1.82) is 0 Å². The average Bonchev–Trinajstić information content (AvgIpc) is 2.87. The lowest BCUT2D eigenvalue weighted by molar-refractivity contribution is -0.121. The minimum Gasteiger partial charge on any atom is -0.497 e. The van der Waals surface area contributed by atoms with Crippen LogP contribution >= 0.6 is 0 Å². The molecule has 0 unspecified atom stereocenters. The van der Waals surface area contributed by atoms with Gasteiger partial charge in [0.2, 0.25) is 26.0 Å². The highest BCUT2D eigenvalue weighted by Gasteiger charge is 2.29. The Morgan fingerprint density at radius 3 is 2.11 bits per heavy atom. The first-order chi connectivity index (χ1) is 17.0. The molecule has 1 fully saturated rings. The highest BCUT2D eigenvalue weighted by molar-refractivity contribution is 7.92. The molecule has 1 aliphatic rings. The first-order valence-corrected chi connectivity index (χ1v) is 15.0. The van der Waals surface area contributed by atoms with Crippen molar-refractivity contribution in [2.45, 2.75) is 37.1 Å². The number of nitrogens with zero attached hydrogens (tertiary/aromatic N) is 2. The number of carbonyl (C=O) groups excluding carboxylic acids is 1. The predicted molar refractivity (Wildman–Crippen MR) is 137 cm³/mol. The molecule has 0 saturated carbocycles. The van der Waals surface area contributed by atoms with Gasteiger partial charge in [-0.1, -0.05) is 6.42 Å². The molecule has 1 aliphatic heterocycles. The zero-order chi connectivity index (χ0) is 26.3. The van der Waals surface area contributed by atoms with Crippen LogP contribution in [-0.2, 0) is 24.8 Å². The summed E-state index contributed by atoms with van der Waals surface area (Å²) in [5.74, 6) is 0.548. The molecule has 10 nitrogen and oxygen atoms in total. The molecule has 3 rings (SSSR count). The Labute approximate surface area is 213 Å². The first kappa shape index (κ1) is 27.8. The molecule has 12 heteroatoms. The Kier molecular flexibility index (Phi) is 9.20. The SMILES string of the molecule is COc1ccc(N([C@H](C)C(=O)NCCOc2ccc(S(=O)(=O)N3CCCCC3)cc2)S(C)(=O)=O)cc1. The summed E-state index contributed by atoms with van der Waals surface area (Å²) in [5.41, 5.74) is 0.344. The summed E-state index contributed by atoms with van der Waals surface area (Å²) >= 11 is 0. The Morgan fingerprint density at radius 2 is 1.56 bits per heavy atom. The van der Waals surface area contributed by atoms with Gasteiger partial charge in [0, 0.05) is 13.1 Å². The lowest BCUT2D eigenvalue weighted by atomic mass is 10.2. The van der Waals surface area contributed by atoms with Crippen molar-refractivity contribution in [3.05, 3.63) is 48.5 Å². The largest absolute Gasteiger partial charge is 0.497 e. The predicted octanol–water partition coefficient (Wildman–Crippen LogP) is 2.22. The van der Waals surface area contributed by atoms with E-state index in [2.05, 4.69) is 5.32 Å². The summed E-state index contributed by atoms with van der Waals surface area (Å²) in [7, 11) is -5.74. The molecule has 1 amide bonds. The van der Waals surface area contributed by atoms with Crippen LogP contribution in [-0.4, -0.2) is 72.7 Å². The molecule has 198 valence electrons. The third kappa shape index (κ3) is 6.89. The number of anilines is 1. The number of ether oxygens (including phenoxy) is 2. The number of methoxy groups -OCH3 is 1. The van der Waals surface area contributed by atoms with E-state index in [1.165, 1.54) is 30.5 Å². The van der Waals surface area contributed by atoms with Crippen LogP contribution < -0.4 is 19.1 Å². The van der Waals surface area contributed by atoms with Crippen molar-refractivity contribution in [2.75, 3.05) is 43.9 Å². The van der Waals surface area contributed by atoms with Crippen LogP contribution in [0.25, 0.3) is 0 Å². The fraction of sp³-hybridized carbons (Fsp3) is 0.458. The number of benzene rings is 2. The Morgan fingerprint density at radius 1 is 0.972 bits per heavy atom. The molecule has 1 saturated heterocycles. The Hall–Kier alpha value is -2.83. The first-order valence-electron chi connectivity index (χ1n) is 11.7. The Bertz CT molecular complexity index is 1230. The van der Waals surface area contributed by atoms with Crippen molar-refractivity contribution in [2.24, 2.45) is 0 Å². The highest BCUT2D eigenvalue weighted by atomic mass is 32.2. The molecule has 0 aliphatic carbocycles. The minimum absolute atomic E-state index is 0.123. The number of amides is 1. The third-order valence-corrected chi connectivity index (χ3v) is 9.02. The van der Waals surface area contributed by atoms with Gasteiger partial charge in [0.1, 0.15) is 24.1 Å². The maximum atomic E-state index is 12.7. The van der Waals surface area contributed by atoms with E-state index in [9.17, 15) is 21.6 Å². The van der Waals surface area contributed by atoms with Gasteiger partial charge >= 0.3 is 0 Å². The van der Waals surface area contributed by atoms with E-state index in [0.29, 0.717) is 30.3 Å². The van der Waals surface area contributed by atoms with Crippen LogP contribution in [0.3, 0.4) is 0 Å². The van der Waals surface area contributed by atoms with Crippen LogP contribution in [0, 0.1) is 0 Å². The highest BCUT2D eigenvalue weighted by Crippen LogP contribution is 2.24. The standard InChI is InChI=1S/C24H33N3O7S2/c1-19(27(35(3,29)30)20-7-9-21(33-2)10-8-20)24(28)25-15-18-34-22-11-13-23(14-12-22)36(31,32)26-16-5-4-6-17-26/h7-14,19H,4-6,15-18H2,1-3H3,(H,25,28)/t19-/m1/s1. The third-order valence-electron chi connectivity index (χ3n) is 5.86. The van der Waals surface area contributed by atoms with Gasteiger partial charge in [-0.3, -0.25) is 9.10 Å². The fourth-order valence-corrected chi connectivity index (χ4v) is 6.68.